The number of benzene rings is 1. The molecule has 0 spiro atoms. The van der Waals surface area contributed by atoms with Gasteiger partial charge in [-0.3, -0.25) is 9.78 Å². The SMILES string of the molecule is CCOC(=O)c1cnn(-c2ccc(NC(=O)c3cc(-c4cccnc4)on3)cc2)c1C(F)(F)F. The number of nitrogens with zero attached hydrogens (tertiary/aromatic N) is 4. The third-order valence-corrected chi connectivity index (χ3v) is 4.59. The molecule has 0 bridgehead atoms. The zero-order chi connectivity index (χ0) is 24.3. The molecule has 12 heteroatoms. The van der Waals surface area contributed by atoms with Crippen LogP contribution in [-0.4, -0.2) is 38.4 Å². The van der Waals surface area contributed by atoms with Crippen LogP contribution in [0.4, 0.5) is 18.9 Å². The molecule has 1 amide bonds. The Bertz CT molecular complexity index is 1310. The molecule has 9 nitrogen and oxygen atoms in total. The number of ether oxygens (including phenoxy) is 1. The lowest BCUT2D eigenvalue weighted by atomic mass is 10.2. The number of esters is 1. The molecule has 1 aromatic carbocycles. The lowest BCUT2D eigenvalue weighted by Gasteiger charge is -2.13. The van der Waals surface area contributed by atoms with E-state index in [-0.39, 0.29) is 18.0 Å². The third-order valence-electron chi connectivity index (χ3n) is 4.59. The first-order valence-electron chi connectivity index (χ1n) is 9.89. The predicted octanol–water partition coefficient (Wildman–Crippen LogP) is 4.37. The van der Waals surface area contributed by atoms with E-state index in [1.54, 1.807) is 24.5 Å². The Morgan fingerprint density at radius 3 is 2.56 bits per heavy atom. The van der Waals surface area contributed by atoms with E-state index in [0.717, 1.165) is 6.20 Å². The number of hydrogen-bond acceptors (Lipinski definition) is 7. The minimum absolute atomic E-state index is 0.00782. The molecule has 0 radical (unpaired) electrons. The second-order valence-corrected chi connectivity index (χ2v) is 6.86. The average molecular weight is 471 g/mol. The molecular formula is C22H16F3N5O4. The van der Waals surface area contributed by atoms with E-state index in [9.17, 15) is 22.8 Å². The topological polar surface area (TPSA) is 112 Å². The Balaban J connectivity index is 1.54. The maximum absolute atomic E-state index is 13.6. The van der Waals surface area contributed by atoms with Crippen LogP contribution in [0.1, 0.15) is 33.5 Å². The van der Waals surface area contributed by atoms with E-state index in [2.05, 4.69) is 20.6 Å². The van der Waals surface area contributed by atoms with Crippen molar-refractivity contribution in [1.29, 1.82) is 0 Å². The summed E-state index contributed by atoms with van der Waals surface area (Å²) in [6.45, 7) is 1.41. The molecule has 3 heterocycles. The summed E-state index contributed by atoms with van der Waals surface area (Å²) in [5.41, 5.74) is -0.976. The van der Waals surface area contributed by atoms with Gasteiger partial charge in [0.05, 0.1) is 18.5 Å². The van der Waals surface area contributed by atoms with Gasteiger partial charge in [-0.05, 0) is 43.3 Å². The van der Waals surface area contributed by atoms with E-state index in [1.807, 2.05) is 0 Å². The molecule has 4 rings (SSSR count). The van der Waals surface area contributed by atoms with E-state index in [4.69, 9.17) is 9.26 Å². The minimum atomic E-state index is -4.86. The molecule has 174 valence electrons. The highest BCUT2D eigenvalue weighted by molar-refractivity contribution is 6.03. The van der Waals surface area contributed by atoms with Crippen LogP contribution in [0.5, 0.6) is 0 Å². The Labute approximate surface area is 190 Å². The molecule has 0 atom stereocenters. The number of alkyl halides is 3. The third kappa shape index (κ3) is 4.65. The highest BCUT2D eigenvalue weighted by atomic mass is 19.4. The van der Waals surface area contributed by atoms with Crippen LogP contribution in [0, 0.1) is 0 Å². The average Bonchev–Trinajstić information content (AvgIpc) is 3.48. The van der Waals surface area contributed by atoms with Crippen LogP contribution in [0.15, 0.2) is 65.6 Å². The Morgan fingerprint density at radius 2 is 1.91 bits per heavy atom. The number of halogens is 3. The van der Waals surface area contributed by atoms with Gasteiger partial charge < -0.3 is 14.6 Å². The largest absolute Gasteiger partial charge is 0.462 e. The monoisotopic (exact) mass is 471 g/mol. The normalized spacial score (nSPS) is 11.3. The van der Waals surface area contributed by atoms with Gasteiger partial charge in [-0.2, -0.15) is 18.3 Å². The Kier molecular flexibility index (Phi) is 6.13. The smallest absolute Gasteiger partial charge is 0.434 e. The van der Waals surface area contributed by atoms with Crippen LogP contribution >= 0.6 is 0 Å². The Morgan fingerprint density at radius 1 is 1.15 bits per heavy atom. The van der Waals surface area contributed by atoms with Crippen LogP contribution in [0.25, 0.3) is 17.0 Å². The summed E-state index contributed by atoms with van der Waals surface area (Å²) >= 11 is 0. The van der Waals surface area contributed by atoms with E-state index in [0.29, 0.717) is 21.7 Å². The van der Waals surface area contributed by atoms with E-state index in [1.165, 1.54) is 37.3 Å². The van der Waals surface area contributed by atoms with Gasteiger partial charge in [0, 0.05) is 29.7 Å². The fourth-order valence-electron chi connectivity index (χ4n) is 3.08. The molecule has 34 heavy (non-hydrogen) atoms. The van der Waals surface area contributed by atoms with Crippen molar-refractivity contribution in [2.24, 2.45) is 0 Å². The highest BCUT2D eigenvalue weighted by Gasteiger charge is 2.41. The fraction of sp³-hybridized carbons (Fsp3) is 0.136. The van der Waals surface area contributed by atoms with Gasteiger partial charge in [-0.25, -0.2) is 9.48 Å². The number of carbonyl (C=O) groups excluding carboxylic acids is 2. The molecule has 3 aromatic heterocycles. The van der Waals surface area contributed by atoms with E-state index < -0.39 is 29.3 Å². The summed E-state index contributed by atoms with van der Waals surface area (Å²) in [7, 11) is 0. The molecule has 1 N–H and O–H groups in total. The summed E-state index contributed by atoms with van der Waals surface area (Å²) in [5, 5.41) is 10.0. The van der Waals surface area contributed by atoms with Crippen LogP contribution in [-0.2, 0) is 10.9 Å². The van der Waals surface area contributed by atoms with Gasteiger partial charge >= 0.3 is 12.1 Å². The predicted molar refractivity (Wildman–Crippen MR) is 112 cm³/mol. The van der Waals surface area contributed by atoms with Gasteiger partial charge in [0.2, 0.25) is 0 Å². The second-order valence-electron chi connectivity index (χ2n) is 6.86. The summed E-state index contributed by atoms with van der Waals surface area (Å²) in [6.07, 6.45) is -0.903. The number of nitrogens with one attached hydrogen (secondary N) is 1. The van der Waals surface area contributed by atoms with Crippen molar-refractivity contribution >= 4 is 17.6 Å². The van der Waals surface area contributed by atoms with Crippen molar-refractivity contribution < 1.29 is 32.0 Å². The number of hydrogen-bond donors (Lipinski definition) is 1. The van der Waals surface area contributed by atoms with Gasteiger partial charge in [-0.15, -0.1) is 0 Å². The molecule has 0 aliphatic rings. The van der Waals surface area contributed by atoms with Crippen molar-refractivity contribution in [3.8, 4) is 17.0 Å². The minimum Gasteiger partial charge on any atom is -0.462 e. The van der Waals surface area contributed by atoms with Crippen molar-refractivity contribution in [2.75, 3.05) is 11.9 Å². The van der Waals surface area contributed by atoms with Gasteiger partial charge in [0.15, 0.2) is 17.1 Å². The number of amides is 1. The first-order valence-corrected chi connectivity index (χ1v) is 9.89. The number of carbonyl (C=O) groups is 2. The molecular weight excluding hydrogens is 455 g/mol. The summed E-state index contributed by atoms with van der Waals surface area (Å²) in [4.78, 5) is 28.4. The van der Waals surface area contributed by atoms with Crippen molar-refractivity contribution in [3.05, 3.63) is 78.0 Å². The zero-order valence-electron chi connectivity index (χ0n) is 17.5. The molecule has 0 unspecified atom stereocenters. The maximum Gasteiger partial charge on any atom is 0.434 e. The highest BCUT2D eigenvalue weighted by Crippen LogP contribution is 2.34. The maximum atomic E-state index is 13.6. The van der Waals surface area contributed by atoms with Gasteiger partial charge in [0.25, 0.3) is 5.91 Å². The fourth-order valence-corrected chi connectivity index (χ4v) is 3.08. The molecule has 0 saturated carbocycles. The molecule has 4 aromatic rings. The first-order chi connectivity index (χ1) is 16.3. The summed E-state index contributed by atoms with van der Waals surface area (Å²) in [5.74, 6) is -1.35. The van der Waals surface area contributed by atoms with Gasteiger partial charge in [-0.1, -0.05) is 5.16 Å². The Hall–Kier alpha value is -4.48. The lowest BCUT2D eigenvalue weighted by molar-refractivity contribution is -0.143. The standard InChI is InChI=1S/C22H16F3N5O4/c1-2-33-21(32)16-12-27-30(19(16)22(23,24)25)15-7-5-14(6-8-15)28-20(31)17-10-18(34-29-17)13-4-3-9-26-11-13/h3-12H,2H2,1H3,(H,28,31). The van der Waals surface area contributed by atoms with Crippen LogP contribution in [0.3, 0.4) is 0 Å². The van der Waals surface area contributed by atoms with E-state index >= 15 is 0 Å². The number of rotatable bonds is 6. The first kappa shape index (κ1) is 22.7. The van der Waals surface area contributed by atoms with Gasteiger partial charge in [0.1, 0.15) is 5.56 Å². The van der Waals surface area contributed by atoms with Crippen LogP contribution < -0.4 is 5.32 Å². The second kappa shape index (κ2) is 9.17. The lowest BCUT2D eigenvalue weighted by Crippen LogP contribution is -2.18. The van der Waals surface area contributed by atoms with Crippen LogP contribution in [0.2, 0.25) is 0 Å². The number of pyridine rings is 1. The van der Waals surface area contributed by atoms with Crippen molar-refractivity contribution in [3.63, 3.8) is 0 Å². The zero-order valence-corrected chi connectivity index (χ0v) is 17.5. The summed E-state index contributed by atoms with van der Waals surface area (Å²) in [6, 6.07) is 10.3. The van der Waals surface area contributed by atoms with Crippen molar-refractivity contribution in [2.45, 2.75) is 13.1 Å². The molecule has 0 saturated heterocycles. The molecule has 0 aliphatic heterocycles. The quantitative estimate of drug-likeness (QED) is 0.416. The molecule has 0 aliphatic carbocycles. The number of anilines is 1. The summed E-state index contributed by atoms with van der Waals surface area (Å²) < 4.78 is 51.4. The van der Waals surface area contributed by atoms with Crippen molar-refractivity contribution in [1.82, 2.24) is 19.9 Å². The number of aromatic nitrogens is 4. The molecule has 0 fully saturated rings.